The summed E-state index contributed by atoms with van der Waals surface area (Å²) >= 11 is 0. The van der Waals surface area contributed by atoms with Crippen LogP contribution < -0.4 is 5.32 Å². The largest absolute Gasteiger partial charge is 0.519 e. The molecule has 0 saturated heterocycles. The first-order chi connectivity index (χ1) is 8.74. The van der Waals surface area contributed by atoms with Crippen LogP contribution in [-0.2, 0) is 14.0 Å². The molecule has 0 radical (unpaired) electrons. The first-order valence-electron chi connectivity index (χ1n) is 6.93. The summed E-state index contributed by atoms with van der Waals surface area (Å²) in [6, 6.07) is 0. The average molecular weight is 303 g/mol. The molecule has 0 aliphatic heterocycles. The standard InChI is InChI=1S/C14H29NO4Si/c1-13(2,3)18-12(17)15-10-9-11(16)19-20(7,8)14(4,5)6/h9-10H2,1-8H3,(H,15,17). The second-order valence-electron chi connectivity index (χ2n) is 7.41. The Hall–Kier alpha value is -1.04. The minimum absolute atomic E-state index is 0.0126. The molecular weight excluding hydrogens is 274 g/mol. The molecule has 0 spiro atoms. The lowest BCUT2D eigenvalue weighted by molar-refractivity contribution is -0.135. The molecule has 0 rings (SSSR count). The van der Waals surface area contributed by atoms with Crippen LogP contribution in [0.2, 0.25) is 18.1 Å². The highest BCUT2D eigenvalue weighted by Crippen LogP contribution is 2.36. The van der Waals surface area contributed by atoms with Crippen molar-refractivity contribution in [2.75, 3.05) is 6.54 Å². The predicted molar refractivity (Wildman–Crippen MR) is 82.1 cm³/mol. The quantitative estimate of drug-likeness (QED) is 0.808. The van der Waals surface area contributed by atoms with Crippen LogP contribution in [0.25, 0.3) is 0 Å². The van der Waals surface area contributed by atoms with E-state index in [-0.39, 0.29) is 24.0 Å². The number of nitrogens with one attached hydrogen (secondary N) is 1. The molecule has 0 aromatic heterocycles. The van der Waals surface area contributed by atoms with Gasteiger partial charge in [0.05, 0.1) is 6.42 Å². The van der Waals surface area contributed by atoms with Crippen molar-refractivity contribution in [3.05, 3.63) is 0 Å². The van der Waals surface area contributed by atoms with Crippen LogP contribution in [0.5, 0.6) is 0 Å². The SMILES string of the molecule is CC(C)(C)OC(=O)NCCC(=O)O[Si](C)(C)C(C)(C)C. The normalized spacial score (nSPS) is 12.8. The van der Waals surface area contributed by atoms with Crippen molar-refractivity contribution in [3.63, 3.8) is 0 Å². The molecule has 0 bridgehead atoms. The Balaban J connectivity index is 4.11. The fourth-order valence-electron chi connectivity index (χ4n) is 1.07. The predicted octanol–water partition coefficient (Wildman–Crippen LogP) is 3.45. The summed E-state index contributed by atoms with van der Waals surface area (Å²) in [7, 11) is -2.08. The Morgan fingerprint density at radius 1 is 1.05 bits per heavy atom. The van der Waals surface area contributed by atoms with Crippen LogP contribution in [0, 0.1) is 0 Å². The van der Waals surface area contributed by atoms with Crippen molar-refractivity contribution < 1.29 is 18.8 Å². The van der Waals surface area contributed by atoms with Crippen molar-refractivity contribution in [1.82, 2.24) is 5.32 Å². The van der Waals surface area contributed by atoms with Crippen LogP contribution >= 0.6 is 0 Å². The minimum atomic E-state index is -2.08. The molecule has 0 saturated carbocycles. The second kappa shape index (κ2) is 6.61. The lowest BCUT2D eigenvalue weighted by Gasteiger charge is -2.35. The molecule has 0 aromatic rings. The highest BCUT2D eigenvalue weighted by Gasteiger charge is 2.40. The van der Waals surface area contributed by atoms with Gasteiger partial charge in [-0.25, -0.2) is 4.79 Å². The van der Waals surface area contributed by atoms with Gasteiger partial charge in [0.25, 0.3) is 14.3 Å². The summed E-state index contributed by atoms with van der Waals surface area (Å²) in [5.41, 5.74) is -0.536. The number of amides is 1. The summed E-state index contributed by atoms with van der Waals surface area (Å²) in [5.74, 6) is -0.271. The van der Waals surface area contributed by atoms with Crippen LogP contribution in [0.15, 0.2) is 0 Å². The van der Waals surface area contributed by atoms with E-state index in [1.807, 2.05) is 13.1 Å². The molecule has 0 unspecified atom stereocenters. The summed E-state index contributed by atoms with van der Waals surface area (Å²) in [6.45, 7) is 15.9. The third-order valence-electron chi connectivity index (χ3n) is 3.17. The van der Waals surface area contributed by atoms with Crippen LogP contribution in [0.1, 0.15) is 48.0 Å². The van der Waals surface area contributed by atoms with Gasteiger partial charge in [0, 0.05) is 6.54 Å². The van der Waals surface area contributed by atoms with Gasteiger partial charge in [-0.15, -0.1) is 0 Å². The van der Waals surface area contributed by atoms with Gasteiger partial charge >= 0.3 is 6.09 Å². The lowest BCUT2D eigenvalue weighted by Crippen LogP contribution is -2.43. The maximum absolute atomic E-state index is 11.8. The van der Waals surface area contributed by atoms with E-state index in [1.54, 1.807) is 20.8 Å². The molecule has 20 heavy (non-hydrogen) atoms. The first kappa shape index (κ1) is 19.0. The Bertz CT molecular complexity index is 353. The van der Waals surface area contributed by atoms with Crippen molar-refractivity contribution in [1.29, 1.82) is 0 Å². The molecular formula is C14H29NO4Si. The Labute approximate surface area is 123 Å². The van der Waals surface area contributed by atoms with Crippen LogP contribution in [0.4, 0.5) is 4.79 Å². The molecule has 118 valence electrons. The maximum atomic E-state index is 11.8. The van der Waals surface area contributed by atoms with Gasteiger partial charge in [-0.1, -0.05) is 20.8 Å². The third kappa shape index (κ3) is 7.52. The van der Waals surface area contributed by atoms with Gasteiger partial charge in [0.2, 0.25) is 0 Å². The zero-order chi connectivity index (χ0) is 16.2. The number of hydrogen-bond acceptors (Lipinski definition) is 4. The van der Waals surface area contributed by atoms with Crippen molar-refractivity contribution in [3.8, 4) is 0 Å². The van der Waals surface area contributed by atoms with Crippen molar-refractivity contribution in [2.24, 2.45) is 0 Å². The van der Waals surface area contributed by atoms with Crippen LogP contribution in [0.3, 0.4) is 0 Å². The number of rotatable bonds is 4. The molecule has 0 aromatic carbocycles. The smallest absolute Gasteiger partial charge is 0.407 e. The first-order valence-corrected chi connectivity index (χ1v) is 9.84. The van der Waals surface area contributed by atoms with E-state index in [9.17, 15) is 9.59 Å². The van der Waals surface area contributed by atoms with Crippen LogP contribution in [-0.4, -0.2) is 32.5 Å². The van der Waals surface area contributed by atoms with E-state index in [4.69, 9.17) is 9.16 Å². The number of alkyl carbamates (subject to hydrolysis) is 1. The van der Waals surface area contributed by atoms with Gasteiger partial charge in [-0.2, -0.15) is 0 Å². The Kier molecular flexibility index (Phi) is 6.26. The summed E-state index contributed by atoms with van der Waals surface area (Å²) in [5, 5.41) is 2.54. The van der Waals surface area contributed by atoms with Gasteiger partial charge in [0.15, 0.2) is 0 Å². The topological polar surface area (TPSA) is 64.6 Å². The van der Waals surface area contributed by atoms with E-state index in [0.29, 0.717) is 0 Å². The number of carbonyl (C=O) groups is 2. The molecule has 0 atom stereocenters. The highest BCUT2D eigenvalue weighted by atomic mass is 28.4. The zero-order valence-electron chi connectivity index (χ0n) is 14.0. The summed E-state index contributed by atoms with van der Waals surface area (Å²) in [6.07, 6.45) is -0.358. The van der Waals surface area contributed by atoms with E-state index >= 15 is 0 Å². The molecule has 1 amide bonds. The molecule has 0 aliphatic carbocycles. The zero-order valence-corrected chi connectivity index (χ0v) is 15.0. The van der Waals surface area contributed by atoms with E-state index in [1.165, 1.54) is 0 Å². The maximum Gasteiger partial charge on any atom is 0.407 e. The number of hydrogen-bond donors (Lipinski definition) is 1. The van der Waals surface area contributed by atoms with Gasteiger partial charge in [-0.05, 0) is 38.9 Å². The average Bonchev–Trinajstić information content (AvgIpc) is 2.11. The third-order valence-corrected chi connectivity index (χ3v) is 7.52. The van der Waals surface area contributed by atoms with E-state index in [0.717, 1.165) is 0 Å². The Morgan fingerprint density at radius 3 is 1.95 bits per heavy atom. The molecule has 5 nitrogen and oxygen atoms in total. The van der Waals surface area contributed by atoms with Gasteiger partial charge < -0.3 is 14.5 Å². The molecule has 1 N–H and O–H groups in total. The second-order valence-corrected chi connectivity index (χ2v) is 12.1. The van der Waals surface area contributed by atoms with Gasteiger partial charge in [-0.3, -0.25) is 4.79 Å². The van der Waals surface area contributed by atoms with Gasteiger partial charge in [0.1, 0.15) is 5.60 Å². The molecule has 0 heterocycles. The van der Waals surface area contributed by atoms with Crippen molar-refractivity contribution in [2.45, 2.75) is 71.7 Å². The lowest BCUT2D eigenvalue weighted by atomic mass is 10.2. The fourth-order valence-corrected chi connectivity index (χ4v) is 2.05. The van der Waals surface area contributed by atoms with Crippen molar-refractivity contribution >= 4 is 20.4 Å². The molecule has 0 aliphatic rings. The monoisotopic (exact) mass is 303 g/mol. The summed E-state index contributed by atoms with van der Waals surface area (Å²) in [4.78, 5) is 23.2. The van der Waals surface area contributed by atoms with E-state index < -0.39 is 20.0 Å². The Morgan fingerprint density at radius 2 is 1.55 bits per heavy atom. The fraction of sp³-hybridized carbons (Fsp3) is 0.857. The molecule has 0 fully saturated rings. The number of carbonyl (C=O) groups excluding carboxylic acids is 2. The number of ether oxygens (including phenoxy) is 1. The molecule has 6 heteroatoms. The minimum Gasteiger partial charge on any atom is -0.519 e. The van der Waals surface area contributed by atoms with E-state index in [2.05, 4.69) is 26.1 Å². The summed E-state index contributed by atoms with van der Waals surface area (Å²) < 4.78 is 10.7. The highest BCUT2D eigenvalue weighted by molar-refractivity contribution is 6.75.